The number of ether oxygens (including phenoxy) is 1. The highest BCUT2D eigenvalue weighted by atomic mass is 32.2. The molecule has 8 nitrogen and oxygen atoms in total. The van der Waals surface area contributed by atoms with E-state index in [2.05, 4.69) is 10.3 Å². The van der Waals surface area contributed by atoms with Crippen molar-refractivity contribution in [3.8, 4) is 11.3 Å². The number of nitrogens with zero attached hydrogens (tertiary/aromatic N) is 2. The van der Waals surface area contributed by atoms with Gasteiger partial charge in [0.05, 0.1) is 28.2 Å². The number of non-ortho nitro benzene ring substituents is 1. The molecule has 9 heteroatoms. The van der Waals surface area contributed by atoms with E-state index in [9.17, 15) is 14.9 Å². The van der Waals surface area contributed by atoms with Crippen LogP contribution in [0.3, 0.4) is 0 Å². The number of thioether (sulfide) groups is 1. The van der Waals surface area contributed by atoms with Gasteiger partial charge < -0.3 is 15.8 Å². The number of hydrogen-bond donors (Lipinski definition) is 2. The molecule has 0 aliphatic carbocycles. The molecular formula is C19H22N4O4S. The first-order chi connectivity index (χ1) is 13.3. The highest BCUT2D eigenvalue weighted by molar-refractivity contribution is 8.03. The van der Waals surface area contributed by atoms with Crippen LogP contribution in [0.15, 0.2) is 47.5 Å². The zero-order valence-electron chi connectivity index (χ0n) is 15.8. The third-order valence-electron chi connectivity index (χ3n) is 3.64. The topological polar surface area (TPSA) is 120 Å². The predicted molar refractivity (Wildman–Crippen MR) is 111 cm³/mol. The van der Waals surface area contributed by atoms with Crippen LogP contribution in [0.25, 0.3) is 11.3 Å². The minimum atomic E-state index is -0.488. The first kappa shape index (κ1) is 21.2. The van der Waals surface area contributed by atoms with Crippen LogP contribution in [-0.2, 0) is 4.74 Å². The van der Waals surface area contributed by atoms with Crippen molar-refractivity contribution in [2.45, 2.75) is 26.1 Å². The fourth-order valence-electron chi connectivity index (χ4n) is 2.42. The first-order valence-corrected chi connectivity index (χ1v) is 9.47. The maximum Gasteiger partial charge on any atom is 0.338 e. The Kier molecular flexibility index (Phi) is 7.39. The fraction of sp³-hybridized carbons (Fsp3) is 0.263. The van der Waals surface area contributed by atoms with Gasteiger partial charge in [0, 0.05) is 23.9 Å². The van der Waals surface area contributed by atoms with E-state index in [0.717, 1.165) is 4.91 Å². The van der Waals surface area contributed by atoms with Crippen molar-refractivity contribution in [3.05, 3.63) is 63.2 Å². The lowest BCUT2D eigenvalue weighted by molar-refractivity contribution is -0.384. The second kappa shape index (κ2) is 9.75. The van der Waals surface area contributed by atoms with Crippen molar-refractivity contribution in [2.75, 3.05) is 11.9 Å². The minimum absolute atomic E-state index is 0.0528. The number of carbonyl (C=O) groups is 1. The Balaban J connectivity index is 2.44. The van der Waals surface area contributed by atoms with Gasteiger partial charge in [-0.25, -0.2) is 9.78 Å². The molecule has 0 spiro atoms. The highest BCUT2D eigenvalue weighted by Gasteiger charge is 2.15. The first-order valence-electron chi connectivity index (χ1n) is 8.59. The van der Waals surface area contributed by atoms with Crippen molar-refractivity contribution < 1.29 is 14.5 Å². The summed E-state index contributed by atoms with van der Waals surface area (Å²) in [7, 11) is 0. The van der Waals surface area contributed by atoms with Gasteiger partial charge in [-0.15, -0.1) is 11.8 Å². The molecule has 0 saturated heterocycles. The fourth-order valence-corrected chi connectivity index (χ4v) is 3.24. The average Bonchev–Trinajstić information content (AvgIpc) is 2.67. The van der Waals surface area contributed by atoms with Gasteiger partial charge in [0.25, 0.3) is 5.69 Å². The lowest BCUT2D eigenvalue weighted by atomic mass is 10.1. The molecular weight excluding hydrogens is 380 g/mol. The van der Waals surface area contributed by atoms with Crippen LogP contribution in [-0.4, -0.2) is 27.9 Å². The molecule has 1 aromatic heterocycles. The summed E-state index contributed by atoms with van der Waals surface area (Å²) >= 11 is 1.51. The number of nitrogens with two attached hydrogens (primary N) is 1. The second-order valence-electron chi connectivity index (χ2n) is 5.84. The highest BCUT2D eigenvalue weighted by Crippen LogP contribution is 2.27. The quantitative estimate of drug-likeness (QED) is 0.292. The van der Waals surface area contributed by atoms with Gasteiger partial charge in [-0.2, -0.15) is 0 Å². The third-order valence-corrected chi connectivity index (χ3v) is 4.62. The molecule has 1 aromatic carbocycles. The predicted octanol–water partition coefficient (Wildman–Crippen LogP) is 4.14. The number of nitro groups is 1. The standard InChI is InChI=1S/C19H22N4O4S/c1-4-27-19(24)15-9-17(14-6-5-7-16(8-14)23(25)26)22-18(10-15)21-13(3)28-12(2)11-20/h5-11,13H,4,20H2,1-3H3,(H,21,22)/b12-11-. The lowest BCUT2D eigenvalue weighted by Gasteiger charge is -2.16. The summed E-state index contributed by atoms with van der Waals surface area (Å²) in [6, 6.07) is 9.25. The van der Waals surface area contributed by atoms with Crippen LogP contribution in [0, 0.1) is 10.1 Å². The number of esters is 1. The van der Waals surface area contributed by atoms with Gasteiger partial charge in [-0.05, 0) is 37.8 Å². The number of allylic oxidation sites excluding steroid dienone is 1. The van der Waals surface area contributed by atoms with E-state index in [1.807, 2.05) is 13.8 Å². The van der Waals surface area contributed by atoms with E-state index in [4.69, 9.17) is 10.5 Å². The second-order valence-corrected chi connectivity index (χ2v) is 7.42. The normalized spacial score (nSPS) is 12.3. The van der Waals surface area contributed by atoms with Gasteiger partial charge in [-0.1, -0.05) is 12.1 Å². The smallest absolute Gasteiger partial charge is 0.338 e. The number of pyridine rings is 1. The molecule has 1 atom stereocenters. The Morgan fingerprint density at radius 3 is 2.82 bits per heavy atom. The van der Waals surface area contributed by atoms with E-state index in [1.54, 1.807) is 31.2 Å². The molecule has 0 fully saturated rings. The van der Waals surface area contributed by atoms with E-state index >= 15 is 0 Å². The molecule has 0 radical (unpaired) electrons. The molecule has 0 aliphatic heterocycles. The zero-order chi connectivity index (χ0) is 20.7. The molecule has 3 N–H and O–H groups in total. The van der Waals surface area contributed by atoms with Gasteiger partial charge in [-0.3, -0.25) is 10.1 Å². The third kappa shape index (κ3) is 5.71. The van der Waals surface area contributed by atoms with E-state index < -0.39 is 10.9 Å². The summed E-state index contributed by atoms with van der Waals surface area (Å²) in [6.07, 6.45) is 1.51. The molecule has 1 heterocycles. The van der Waals surface area contributed by atoms with Crippen LogP contribution >= 0.6 is 11.8 Å². The zero-order valence-corrected chi connectivity index (χ0v) is 16.7. The number of nitrogens with one attached hydrogen (secondary N) is 1. The molecule has 0 saturated carbocycles. The molecule has 28 heavy (non-hydrogen) atoms. The average molecular weight is 402 g/mol. The maximum absolute atomic E-state index is 12.2. The Morgan fingerprint density at radius 1 is 1.43 bits per heavy atom. The van der Waals surface area contributed by atoms with Gasteiger partial charge in [0.2, 0.25) is 0 Å². The molecule has 1 unspecified atom stereocenters. The largest absolute Gasteiger partial charge is 0.462 e. The van der Waals surface area contributed by atoms with Crippen LogP contribution in [0.5, 0.6) is 0 Å². The Morgan fingerprint density at radius 2 is 2.18 bits per heavy atom. The molecule has 0 amide bonds. The number of anilines is 1. The number of hydrogen-bond acceptors (Lipinski definition) is 8. The SMILES string of the molecule is CCOC(=O)c1cc(NC(C)S/C(C)=C\N)nc(-c2cccc([N+](=O)[O-])c2)c1. The monoisotopic (exact) mass is 402 g/mol. The molecule has 0 bridgehead atoms. The molecule has 2 aromatic rings. The van der Waals surface area contributed by atoms with Gasteiger partial charge in [0.15, 0.2) is 0 Å². The van der Waals surface area contributed by atoms with Crippen molar-refractivity contribution in [1.29, 1.82) is 0 Å². The van der Waals surface area contributed by atoms with Crippen LogP contribution < -0.4 is 11.1 Å². The van der Waals surface area contributed by atoms with Crippen LogP contribution in [0.2, 0.25) is 0 Å². The van der Waals surface area contributed by atoms with E-state index in [-0.39, 0.29) is 17.7 Å². The molecule has 148 valence electrons. The number of benzene rings is 1. The Hall–Kier alpha value is -3.07. The number of carbonyl (C=O) groups excluding carboxylic acids is 1. The number of aromatic nitrogens is 1. The Bertz CT molecular complexity index is 901. The van der Waals surface area contributed by atoms with Gasteiger partial charge >= 0.3 is 5.97 Å². The van der Waals surface area contributed by atoms with Crippen LogP contribution in [0.4, 0.5) is 11.5 Å². The summed E-state index contributed by atoms with van der Waals surface area (Å²) in [4.78, 5) is 28.3. The summed E-state index contributed by atoms with van der Waals surface area (Å²) in [5, 5.41) is 14.2. The summed E-state index contributed by atoms with van der Waals surface area (Å²) in [5.41, 5.74) is 6.72. The summed E-state index contributed by atoms with van der Waals surface area (Å²) in [5.74, 6) is -0.0325. The summed E-state index contributed by atoms with van der Waals surface area (Å²) in [6.45, 7) is 5.78. The van der Waals surface area contributed by atoms with E-state index in [1.165, 1.54) is 30.1 Å². The van der Waals surface area contributed by atoms with E-state index in [0.29, 0.717) is 22.6 Å². The van der Waals surface area contributed by atoms with Crippen molar-refractivity contribution >= 4 is 29.2 Å². The maximum atomic E-state index is 12.2. The van der Waals surface area contributed by atoms with Crippen LogP contribution in [0.1, 0.15) is 31.1 Å². The molecule has 0 aliphatic rings. The summed E-state index contributed by atoms with van der Waals surface area (Å²) < 4.78 is 5.09. The Labute approximate surface area is 167 Å². The van der Waals surface area contributed by atoms with Crippen molar-refractivity contribution in [3.63, 3.8) is 0 Å². The number of nitro benzene ring substituents is 1. The van der Waals surface area contributed by atoms with Crippen molar-refractivity contribution in [2.24, 2.45) is 5.73 Å². The van der Waals surface area contributed by atoms with Crippen molar-refractivity contribution in [1.82, 2.24) is 4.98 Å². The lowest BCUT2D eigenvalue weighted by Crippen LogP contribution is -2.14. The molecule has 2 rings (SSSR count). The number of rotatable bonds is 8. The minimum Gasteiger partial charge on any atom is -0.462 e. The van der Waals surface area contributed by atoms with Gasteiger partial charge in [0.1, 0.15) is 5.82 Å².